The van der Waals surface area contributed by atoms with Gasteiger partial charge in [-0.15, -0.1) is 0 Å². The Morgan fingerprint density at radius 2 is 1.83 bits per heavy atom. The van der Waals surface area contributed by atoms with Gasteiger partial charge in [0.25, 0.3) is 0 Å². The van der Waals surface area contributed by atoms with E-state index in [0.717, 1.165) is 23.2 Å². The molecular formula is C12H17NO4S. The molecule has 1 aromatic carbocycles. The van der Waals surface area contributed by atoms with Crippen LogP contribution in [0.3, 0.4) is 0 Å². The van der Waals surface area contributed by atoms with E-state index in [1.165, 1.54) is 7.05 Å². The SMILES string of the molecule is CCc1ccc(N(C)S(=O)(=O)C(C)C(=O)O)cc1. The maximum absolute atomic E-state index is 12.0. The van der Waals surface area contributed by atoms with Gasteiger partial charge < -0.3 is 5.11 Å². The average Bonchev–Trinajstić information content (AvgIpc) is 2.36. The summed E-state index contributed by atoms with van der Waals surface area (Å²) in [6, 6.07) is 7.00. The summed E-state index contributed by atoms with van der Waals surface area (Å²) in [5, 5.41) is 7.33. The number of rotatable bonds is 5. The van der Waals surface area contributed by atoms with Crippen LogP contribution in [0, 0.1) is 0 Å². The van der Waals surface area contributed by atoms with Gasteiger partial charge in [-0.1, -0.05) is 19.1 Å². The highest BCUT2D eigenvalue weighted by Crippen LogP contribution is 2.19. The lowest BCUT2D eigenvalue weighted by molar-refractivity contribution is -0.136. The van der Waals surface area contributed by atoms with Gasteiger partial charge in [-0.25, -0.2) is 8.42 Å². The van der Waals surface area contributed by atoms with Crippen LogP contribution in [0.5, 0.6) is 0 Å². The van der Waals surface area contributed by atoms with Crippen molar-refractivity contribution < 1.29 is 18.3 Å². The first-order valence-electron chi connectivity index (χ1n) is 5.60. The van der Waals surface area contributed by atoms with Crippen molar-refractivity contribution in [2.45, 2.75) is 25.5 Å². The first-order valence-corrected chi connectivity index (χ1v) is 7.10. The highest BCUT2D eigenvalue weighted by molar-refractivity contribution is 7.94. The van der Waals surface area contributed by atoms with E-state index in [1.807, 2.05) is 19.1 Å². The van der Waals surface area contributed by atoms with Gasteiger partial charge >= 0.3 is 5.97 Å². The van der Waals surface area contributed by atoms with Gasteiger partial charge in [0.2, 0.25) is 10.0 Å². The van der Waals surface area contributed by atoms with E-state index in [1.54, 1.807) is 12.1 Å². The molecule has 100 valence electrons. The summed E-state index contributed by atoms with van der Waals surface area (Å²) in [7, 11) is -2.52. The molecule has 0 fully saturated rings. The van der Waals surface area contributed by atoms with E-state index in [0.29, 0.717) is 5.69 Å². The van der Waals surface area contributed by atoms with E-state index in [2.05, 4.69) is 0 Å². The van der Waals surface area contributed by atoms with Gasteiger partial charge in [-0.2, -0.15) is 0 Å². The molecule has 0 heterocycles. The van der Waals surface area contributed by atoms with E-state index in [9.17, 15) is 13.2 Å². The zero-order valence-electron chi connectivity index (χ0n) is 10.6. The molecule has 0 aliphatic rings. The number of benzene rings is 1. The van der Waals surface area contributed by atoms with Crippen LogP contribution in [-0.4, -0.2) is 31.8 Å². The quantitative estimate of drug-likeness (QED) is 0.880. The molecule has 1 rings (SSSR count). The number of carbonyl (C=O) groups is 1. The standard InChI is InChI=1S/C12H17NO4S/c1-4-10-5-7-11(8-6-10)13(3)18(16,17)9(2)12(14)15/h5-9H,4H2,1-3H3,(H,14,15). The number of aliphatic carboxylic acids is 1. The van der Waals surface area contributed by atoms with Crippen molar-refractivity contribution in [2.24, 2.45) is 0 Å². The third kappa shape index (κ3) is 2.81. The molecule has 1 N–H and O–H groups in total. The van der Waals surface area contributed by atoms with Crippen molar-refractivity contribution >= 4 is 21.7 Å². The highest BCUT2D eigenvalue weighted by Gasteiger charge is 2.31. The van der Waals surface area contributed by atoms with Crippen molar-refractivity contribution in [3.05, 3.63) is 29.8 Å². The fourth-order valence-electron chi connectivity index (χ4n) is 1.45. The summed E-state index contributed by atoms with van der Waals surface area (Å²) in [6.07, 6.45) is 0.863. The van der Waals surface area contributed by atoms with Crippen LogP contribution in [0.4, 0.5) is 5.69 Å². The number of sulfonamides is 1. The third-order valence-electron chi connectivity index (χ3n) is 2.88. The summed E-state index contributed by atoms with van der Waals surface area (Å²) in [6.45, 7) is 3.16. The molecular weight excluding hydrogens is 254 g/mol. The molecule has 0 bridgehead atoms. The topological polar surface area (TPSA) is 74.7 Å². The summed E-state index contributed by atoms with van der Waals surface area (Å²) < 4.78 is 24.9. The van der Waals surface area contributed by atoms with Crippen molar-refractivity contribution in [1.29, 1.82) is 0 Å². The molecule has 0 spiro atoms. The van der Waals surface area contributed by atoms with Crippen LogP contribution in [-0.2, 0) is 21.2 Å². The summed E-state index contributed by atoms with van der Waals surface area (Å²) in [4.78, 5) is 10.8. The Hall–Kier alpha value is -1.56. The van der Waals surface area contributed by atoms with Crippen LogP contribution in [0.1, 0.15) is 19.4 Å². The average molecular weight is 271 g/mol. The van der Waals surface area contributed by atoms with E-state index in [-0.39, 0.29) is 0 Å². The fourth-order valence-corrected chi connectivity index (χ4v) is 2.60. The lowest BCUT2D eigenvalue weighted by atomic mass is 10.1. The summed E-state index contributed by atoms with van der Waals surface area (Å²) in [5.41, 5.74) is 1.55. The molecule has 0 saturated heterocycles. The molecule has 0 aliphatic heterocycles. The number of nitrogens with zero attached hydrogens (tertiary/aromatic N) is 1. The van der Waals surface area contributed by atoms with Crippen molar-refractivity contribution in [2.75, 3.05) is 11.4 Å². The maximum Gasteiger partial charge on any atom is 0.323 e. The Bertz CT molecular complexity index is 522. The molecule has 0 saturated carbocycles. The Labute approximate surface area is 107 Å². The van der Waals surface area contributed by atoms with Gasteiger partial charge in [0, 0.05) is 7.05 Å². The van der Waals surface area contributed by atoms with Crippen LogP contribution < -0.4 is 4.31 Å². The van der Waals surface area contributed by atoms with Gasteiger partial charge in [0.15, 0.2) is 5.25 Å². The minimum absolute atomic E-state index is 0.459. The highest BCUT2D eigenvalue weighted by atomic mass is 32.2. The van der Waals surface area contributed by atoms with Gasteiger partial charge in [-0.3, -0.25) is 9.10 Å². The number of anilines is 1. The summed E-state index contributed by atoms with van der Waals surface area (Å²) >= 11 is 0. The molecule has 1 unspecified atom stereocenters. The van der Waals surface area contributed by atoms with Crippen LogP contribution in [0.2, 0.25) is 0 Å². The summed E-state index contributed by atoms with van der Waals surface area (Å²) in [5.74, 6) is -1.35. The van der Waals surface area contributed by atoms with Crippen LogP contribution >= 0.6 is 0 Å². The molecule has 1 atom stereocenters. The zero-order valence-corrected chi connectivity index (χ0v) is 11.4. The van der Waals surface area contributed by atoms with E-state index in [4.69, 9.17) is 5.11 Å². The number of carboxylic acid groups (broad SMARTS) is 1. The first-order chi connectivity index (χ1) is 8.30. The molecule has 0 amide bonds. The number of aryl methyl sites for hydroxylation is 1. The molecule has 5 nitrogen and oxygen atoms in total. The maximum atomic E-state index is 12.0. The zero-order chi connectivity index (χ0) is 13.9. The Kier molecular flexibility index (Phi) is 4.34. The Balaban J connectivity index is 3.05. The third-order valence-corrected chi connectivity index (χ3v) is 4.95. The monoisotopic (exact) mass is 271 g/mol. The van der Waals surface area contributed by atoms with Crippen molar-refractivity contribution in [1.82, 2.24) is 0 Å². The second-order valence-corrected chi connectivity index (χ2v) is 6.30. The molecule has 6 heteroatoms. The molecule has 1 aromatic rings. The fraction of sp³-hybridized carbons (Fsp3) is 0.417. The molecule has 18 heavy (non-hydrogen) atoms. The van der Waals surface area contributed by atoms with E-state index >= 15 is 0 Å². The second-order valence-electron chi connectivity index (χ2n) is 4.01. The minimum Gasteiger partial charge on any atom is -0.480 e. The molecule has 0 aliphatic carbocycles. The molecule has 0 aromatic heterocycles. The Morgan fingerprint density at radius 1 is 1.33 bits per heavy atom. The van der Waals surface area contributed by atoms with Gasteiger partial charge in [0.1, 0.15) is 0 Å². The first kappa shape index (κ1) is 14.5. The largest absolute Gasteiger partial charge is 0.480 e. The lowest BCUT2D eigenvalue weighted by Gasteiger charge is -2.21. The minimum atomic E-state index is -3.88. The van der Waals surface area contributed by atoms with Gasteiger partial charge in [-0.05, 0) is 31.0 Å². The van der Waals surface area contributed by atoms with Crippen molar-refractivity contribution in [3.63, 3.8) is 0 Å². The number of carboxylic acids is 1. The Morgan fingerprint density at radius 3 is 2.22 bits per heavy atom. The molecule has 0 radical (unpaired) electrons. The van der Waals surface area contributed by atoms with Crippen LogP contribution in [0.25, 0.3) is 0 Å². The van der Waals surface area contributed by atoms with E-state index < -0.39 is 21.2 Å². The predicted molar refractivity (Wildman–Crippen MR) is 70.2 cm³/mol. The smallest absolute Gasteiger partial charge is 0.323 e. The predicted octanol–water partition coefficient (Wildman–Crippen LogP) is 1.49. The normalized spacial score (nSPS) is 13.1. The second kappa shape index (κ2) is 5.39. The van der Waals surface area contributed by atoms with Crippen LogP contribution in [0.15, 0.2) is 24.3 Å². The number of hydrogen-bond acceptors (Lipinski definition) is 3. The van der Waals surface area contributed by atoms with Gasteiger partial charge in [0.05, 0.1) is 5.69 Å². The number of hydrogen-bond donors (Lipinski definition) is 1. The lowest BCUT2D eigenvalue weighted by Crippen LogP contribution is -2.38. The van der Waals surface area contributed by atoms with Crippen molar-refractivity contribution in [3.8, 4) is 0 Å².